The van der Waals surface area contributed by atoms with Gasteiger partial charge in [-0.2, -0.15) is 0 Å². The molecule has 0 aliphatic carbocycles. The molecule has 0 amide bonds. The maximum absolute atomic E-state index is 4.52. The average molecular weight is 488 g/mol. The predicted molar refractivity (Wildman–Crippen MR) is 145 cm³/mol. The molecule has 29 heavy (non-hydrogen) atoms. The molecule has 0 saturated carbocycles. The van der Waals surface area contributed by atoms with E-state index >= 15 is 0 Å². The number of allylic oxidation sites excluding steroid dienone is 6. The Morgan fingerprint density at radius 1 is 0.655 bits per heavy atom. The van der Waals surface area contributed by atoms with E-state index in [9.17, 15) is 0 Å². The summed E-state index contributed by atoms with van der Waals surface area (Å²) in [5, 5.41) is -1.79. The van der Waals surface area contributed by atoms with Gasteiger partial charge < -0.3 is 0 Å². The van der Waals surface area contributed by atoms with Gasteiger partial charge in [-0.1, -0.05) is 0 Å². The van der Waals surface area contributed by atoms with Crippen molar-refractivity contribution in [1.82, 2.24) is 0 Å². The zero-order valence-corrected chi connectivity index (χ0v) is 23.4. The summed E-state index contributed by atoms with van der Waals surface area (Å²) in [5.74, 6) is 0. The van der Waals surface area contributed by atoms with Crippen LogP contribution in [0.2, 0.25) is 0 Å². The van der Waals surface area contributed by atoms with Crippen LogP contribution in [0.15, 0.2) is 34.9 Å². The number of hydrogen-bond donors (Lipinski definition) is 0. The van der Waals surface area contributed by atoms with Crippen LogP contribution < -0.4 is 0 Å². The molecule has 0 aromatic rings. The third-order valence-electron chi connectivity index (χ3n) is 6.23. The molecule has 0 rings (SSSR count). The van der Waals surface area contributed by atoms with Gasteiger partial charge in [-0.05, 0) is 0 Å². The standard InChI is InChI=1S/C27H52BrP/c1-8-11-21-29(28,22-12-9-2,23-13-10-3)24-20-27(7)19-15-18-26(6)17-14-16-25(4)5/h16,18,20H,8-15,17,19,21-24H2,1-7H3. The van der Waals surface area contributed by atoms with Crippen LogP contribution in [0.5, 0.6) is 0 Å². The molecule has 0 aromatic heterocycles. The second-order valence-corrected chi connectivity index (χ2v) is 21.1. The van der Waals surface area contributed by atoms with Crippen molar-refractivity contribution < 1.29 is 0 Å². The third-order valence-corrected chi connectivity index (χ3v) is 15.7. The summed E-state index contributed by atoms with van der Waals surface area (Å²) in [6.45, 7) is 16.1. The summed E-state index contributed by atoms with van der Waals surface area (Å²) in [7, 11) is 0. The van der Waals surface area contributed by atoms with E-state index in [2.05, 4.69) is 82.2 Å². The van der Waals surface area contributed by atoms with E-state index < -0.39 is 5.31 Å². The van der Waals surface area contributed by atoms with Gasteiger partial charge in [0.2, 0.25) is 0 Å². The number of hydrogen-bond acceptors (Lipinski definition) is 0. The molecule has 0 spiro atoms. The molecule has 0 fully saturated rings. The molecule has 0 aliphatic rings. The summed E-state index contributed by atoms with van der Waals surface area (Å²) >= 11 is 4.52. The summed E-state index contributed by atoms with van der Waals surface area (Å²) < 4.78 is 0. The van der Waals surface area contributed by atoms with Crippen molar-refractivity contribution in [1.29, 1.82) is 0 Å². The topological polar surface area (TPSA) is 0 Å². The van der Waals surface area contributed by atoms with Crippen molar-refractivity contribution in [2.24, 2.45) is 0 Å². The van der Waals surface area contributed by atoms with Crippen LogP contribution in [-0.2, 0) is 0 Å². The number of halogens is 1. The molecule has 0 aliphatic heterocycles. The molecule has 2 heteroatoms. The first kappa shape index (κ1) is 29.1. The van der Waals surface area contributed by atoms with Crippen molar-refractivity contribution in [3.05, 3.63) is 34.9 Å². The van der Waals surface area contributed by atoms with Crippen LogP contribution >= 0.6 is 20.8 Å². The Kier molecular flexibility index (Phi) is 15.9. The fourth-order valence-corrected chi connectivity index (χ4v) is 12.0. The molecule has 172 valence electrons. The van der Waals surface area contributed by atoms with Gasteiger partial charge in [-0.15, -0.1) is 0 Å². The van der Waals surface area contributed by atoms with E-state index in [1.165, 1.54) is 94.4 Å². The van der Waals surface area contributed by atoms with Crippen LogP contribution in [0.4, 0.5) is 0 Å². The van der Waals surface area contributed by atoms with Crippen molar-refractivity contribution in [2.45, 2.75) is 113 Å². The molecule has 0 bridgehead atoms. The van der Waals surface area contributed by atoms with E-state index in [1.54, 1.807) is 11.1 Å². The molecule has 0 atom stereocenters. The van der Waals surface area contributed by atoms with Crippen molar-refractivity contribution in [3.8, 4) is 0 Å². The normalized spacial score (nSPS) is 14.6. The van der Waals surface area contributed by atoms with Crippen molar-refractivity contribution in [3.63, 3.8) is 0 Å². The second kappa shape index (κ2) is 15.9. The molecular formula is C27H52BrP. The second-order valence-electron chi connectivity index (χ2n) is 9.69. The molecule has 0 aromatic carbocycles. The van der Waals surface area contributed by atoms with Gasteiger partial charge in [-0.3, -0.25) is 0 Å². The van der Waals surface area contributed by atoms with Gasteiger partial charge in [0.15, 0.2) is 0 Å². The van der Waals surface area contributed by atoms with Crippen molar-refractivity contribution in [2.75, 3.05) is 24.6 Å². The average Bonchev–Trinajstić information content (AvgIpc) is 2.68. The minimum absolute atomic E-state index is 1.18. The Bertz CT molecular complexity index is 498. The molecular weight excluding hydrogens is 435 g/mol. The molecule has 0 heterocycles. The van der Waals surface area contributed by atoms with Crippen LogP contribution in [0.1, 0.15) is 113 Å². The van der Waals surface area contributed by atoms with E-state index in [4.69, 9.17) is 0 Å². The molecule has 0 unspecified atom stereocenters. The summed E-state index contributed by atoms with van der Waals surface area (Å²) in [4.78, 5) is 0. The summed E-state index contributed by atoms with van der Waals surface area (Å²) in [6.07, 6.45) is 26.0. The van der Waals surface area contributed by atoms with E-state index in [1.807, 2.05) is 0 Å². The molecule has 0 N–H and O–H groups in total. The van der Waals surface area contributed by atoms with Crippen LogP contribution in [0.3, 0.4) is 0 Å². The van der Waals surface area contributed by atoms with Gasteiger partial charge in [-0.25, -0.2) is 0 Å². The van der Waals surface area contributed by atoms with Gasteiger partial charge in [0.05, 0.1) is 0 Å². The SMILES string of the molecule is CCCCP(Br)(CC=C(C)CCC=C(C)CCC=C(C)C)(CCCC)CCCC. The summed E-state index contributed by atoms with van der Waals surface area (Å²) in [5.41, 5.74) is 4.57. The van der Waals surface area contributed by atoms with E-state index in [-0.39, 0.29) is 0 Å². The van der Waals surface area contributed by atoms with E-state index in [0.717, 1.165) is 0 Å². The predicted octanol–water partition coefficient (Wildman–Crippen LogP) is 10.7. The first-order valence-electron chi connectivity index (χ1n) is 12.4. The Morgan fingerprint density at radius 3 is 1.48 bits per heavy atom. The quantitative estimate of drug-likeness (QED) is 0.141. The molecule has 0 saturated heterocycles. The van der Waals surface area contributed by atoms with Crippen molar-refractivity contribution >= 4 is 20.8 Å². The third kappa shape index (κ3) is 13.9. The molecule has 0 nitrogen and oxygen atoms in total. The monoisotopic (exact) mass is 486 g/mol. The van der Waals surface area contributed by atoms with Crippen LogP contribution in [0.25, 0.3) is 0 Å². The van der Waals surface area contributed by atoms with Gasteiger partial charge in [0, 0.05) is 0 Å². The van der Waals surface area contributed by atoms with Gasteiger partial charge in [0.1, 0.15) is 0 Å². The number of rotatable bonds is 17. The van der Waals surface area contributed by atoms with Gasteiger partial charge >= 0.3 is 193 Å². The first-order chi connectivity index (χ1) is 13.7. The summed E-state index contributed by atoms with van der Waals surface area (Å²) in [6, 6.07) is 0. The Balaban J connectivity index is 4.99. The Morgan fingerprint density at radius 2 is 1.07 bits per heavy atom. The Hall–Kier alpha value is 0.130. The maximum atomic E-state index is 4.52. The van der Waals surface area contributed by atoms with E-state index in [0.29, 0.717) is 0 Å². The zero-order valence-electron chi connectivity index (χ0n) is 21.0. The fourth-order valence-electron chi connectivity index (χ4n) is 3.99. The van der Waals surface area contributed by atoms with Crippen LogP contribution in [0, 0.1) is 0 Å². The number of unbranched alkanes of at least 4 members (excludes halogenated alkanes) is 3. The molecule has 0 radical (unpaired) electrons. The van der Waals surface area contributed by atoms with Gasteiger partial charge in [0.25, 0.3) is 0 Å². The minimum atomic E-state index is -1.79. The fraction of sp³-hybridized carbons (Fsp3) is 0.778. The Labute approximate surface area is 192 Å². The van der Waals surface area contributed by atoms with Crippen LogP contribution in [-0.4, -0.2) is 24.6 Å². The zero-order chi connectivity index (χ0) is 22.2. The first-order valence-corrected chi connectivity index (χ1v) is 17.3.